The van der Waals surface area contributed by atoms with E-state index in [0.29, 0.717) is 0 Å². The van der Waals surface area contributed by atoms with E-state index < -0.39 is 0 Å². The van der Waals surface area contributed by atoms with Gasteiger partial charge in [0.05, 0.1) is 11.9 Å². The van der Waals surface area contributed by atoms with Gasteiger partial charge >= 0.3 is 0 Å². The SMILES string of the molecule is [C]1=CC=C2C=CN=CN2N1. The molecular weight excluding hydrogens is 126 g/mol. The Bertz CT molecular complexity index is 248. The predicted molar refractivity (Wildman–Crippen MR) is 38.5 cm³/mol. The average molecular weight is 132 g/mol. The molecule has 0 amide bonds. The molecule has 0 spiro atoms. The van der Waals surface area contributed by atoms with E-state index in [9.17, 15) is 0 Å². The maximum absolute atomic E-state index is 3.92. The van der Waals surface area contributed by atoms with E-state index in [0.717, 1.165) is 5.70 Å². The number of fused-ring (bicyclic) bond motifs is 1. The Labute approximate surface area is 59.0 Å². The summed E-state index contributed by atoms with van der Waals surface area (Å²) in [5.74, 6) is 0. The predicted octanol–water partition coefficient (Wildman–Crippen LogP) is 0.563. The van der Waals surface area contributed by atoms with E-state index in [1.807, 2.05) is 18.2 Å². The molecule has 0 aromatic heterocycles. The van der Waals surface area contributed by atoms with Gasteiger partial charge in [0.25, 0.3) is 0 Å². The molecule has 2 aliphatic heterocycles. The highest BCUT2D eigenvalue weighted by atomic mass is 15.5. The Morgan fingerprint density at radius 3 is 3.50 bits per heavy atom. The van der Waals surface area contributed by atoms with Crippen LogP contribution in [0.2, 0.25) is 0 Å². The zero-order valence-corrected chi connectivity index (χ0v) is 5.28. The first-order valence-electron chi connectivity index (χ1n) is 3.00. The lowest BCUT2D eigenvalue weighted by Crippen LogP contribution is -2.34. The van der Waals surface area contributed by atoms with Gasteiger partial charge in [0.1, 0.15) is 6.34 Å². The summed E-state index contributed by atoms with van der Waals surface area (Å²) in [5.41, 5.74) is 3.96. The highest BCUT2D eigenvalue weighted by Crippen LogP contribution is 2.08. The summed E-state index contributed by atoms with van der Waals surface area (Å²) in [7, 11) is 0. The van der Waals surface area contributed by atoms with Crippen molar-refractivity contribution in [3.8, 4) is 0 Å². The number of hydrogen-bond donors (Lipinski definition) is 1. The van der Waals surface area contributed by atoms with E-state index in [1.165, 1.54) is 0 Å². The van der Waals surface area contributed by atoms with Crippen LogP contribution >= 0.6 is 0 Å². The Hall–Kier alpha value is -1.51. The van der Waals surface area contributed by atoms with Gasteiger partial charge in [-0.05, 0) is 18.2 Å². The van der Waals surface area contributed by atoms with Crippen LogP contribution in [0.25, 0.3) is 0 Å². The fourth-order valence-corrected chi connectivity index (χ4v) is 0.835. The second-order valence-electron chi connectivity index (χ2n) is 1.96. The second-order valence-corrected chi connectivity index (χ2v) is 1.96. The lowest BCUT2D eigenvalue weighted by molar-refractivity contribution is 0.447. The standard InChI is InChI=1S/C7H6N3/c1-2-7-3-5-8-6-10(7)9-4-1/h1-3,5-6,9H. The molecule has 0 atom stereocenters. The summed E-state index contributed by atoms with van der Waals surface area (Å²) in [5, 5.41) is 1.79. The van der Waals surface area contributed by atoms with Crippen LogP contribution in [0.3, 0.4) is 0 Å². The quantitative estimate of drug-likeness (QED) is 0.521. The summed E-state index contributed by atoms with van der Waals surface area (Å²) in [6, 6.07) is 0. The maximum Gasteiger partial charge on any atom is 0.115 e. The molecule has 0 saturated carbocycles. The first-order valence-corrected chi connectivity index (χ1v) is 3.00. The number of hydrazine groups is 1. The summed E-state index contributed by atoms with van der Waals surface area (Å²) in [6.07, 6.45) is 12.0. The van der Waals surface area contributed by atoms with Crippen molar-refractivity contribution in [2.24, 2.45) is 4.99 Å². The van der Waals surface area contributed by atoms with Crippen molar-refractivity contribution in [1.82, 2.24) is 10.4 Å². The largest absolute Gasteiger partial charge is 0.291 e. The van der Waals surface area contributed by atoms with Gasteiger partial charge in [-0.15, -0.1) is 0 Å². The molecule has 1 N–H and O–H groups in total. The van der Waals surface area contributed by atoms with Gasteiger partial charge in [-0.25, -0.2) is 10.0 Å². The van der Waals surface area contributed by atoms with E-state index in [-0.39, 0.29) is 0 Å². The molecule has 2 heterocycles. The van der Waals surface area contributed by atoms with Gasteiger partial charge in [0.15, 0.2) is 0 Å². The Balaban J connectivity index is 2.34. The van der Waals surface area contributed by atoms with Crippen molar-refractivity contribution in [3.05, 3.63) is 36.3 Å². The number of aliphatic imine (C=N–C) groups is 1. The molecule has 10 heavy (non-hydrogen) atoms. The zero-order valence-electron chi connectivity index (χ0n) is 5.28. The number of allylic oxidation sites excluding steroid dienone is 3. The van der Waals surface area contributed by atoms with Gasteiger partial charge in [-0.3, -0.25) is 5.43 Å². The molecule has 2 rings (SSSR count). The Morgan fingerprint density at radius 2 is 2.60 bits per heavy atom. The van der Waals surface area contributed by atoms with Crippen molar-refractivity contribution < 1.29 is 0 Å². The van der Waals surface area contributed by atoms with Crippen LogP contribution in [0.5, 0.6) is 0 Å². The molecule has 0 saturated heterocycles. The zero-order chi connectivity index (χ0) is 6.81. The van der Waals surface area contributed by atoms with Crippen LogP contribution in [0.15, 0.2) is 35.1 Å². The van der Waals surface area contributed by atoms with Crippen LogP contribution in [-0.2, 0) is 0 Å². The number of rotatable bonds is 0. The molecule has 2 aliphatic rings. The fraction of sp³-hybridized carbons (Fsp3) is 0. The van der Waals surface area contributed by atoms with Gasteiger partial charge in [0, 0.05) is 6.20 Å². The minimum Gasteiger partial charge on any atom is -0.291 e. The summed E-state index contributed by atoms with van der Waals surface area (Å²) >= 11 is 0. The van der Waals surface area contributed by atoms with Crippen LogP contribution in [0.1, 0.15) is 0 Å². The van der Waals surface area contributed by atoms with Crippen molar-refractivity contribution in [1.29, 1.82) is 0 Å². The smallest absolute Gasteiger partial charge is 0.115 e. The topological polar surface area (TPSA) is 27.6 Å². The Morgan fingerprint density at radius 1 is 1.60 bits per heavy atom. The monoisotopic (exact) mass is 132 g/mol. The summed E-state index contributed by atoms with van der Waals surface area (Å²) in [4.78, 5) is 3.92. The minimum atomic E-state index is 1.08. The molecule has 0 fully saturated rings. The minimum absolute atomic E-state index is 1.08. The fourth-order valence-electron chi connectivity index (χ4n) is 0.835. The third-order valence-electron chi connectivity index (χ3n) is 1.31. The van der Waals surface area contributed by atoms with Gasteiger partial charge in [-0.1, -0.05) is 0 Å². The van der Waals surface area contributed by atoms with Crippen molar-refractivity contribution in [3.63, 3.8) is 0 Å². The van der Waals surface area contributed by atoms with Crippen LogP contribution in [0, 0.1) is 6.20 Å². The molecular formula is C7H6N3. The average Bonchev–Trinajstić information content (AvgIpc) is 2.05. The molecule has 0 aromatic rings. The molecule has 3 nitrogen and oxygen atoms in total. The van der Waals surface area contributed by atoms with Gasteiger partial charge in [0.2, 0.25) is 0 Å². The highest BCUT2D eigenvalue weighted by molar-refractivity contribution is 5.62. The van der Waals surface area contributed by atoms with Crippen LogP contribution in [-0.4, -0.2) is 11.3 Å². The lowest BCUT2D eigenvalue weighted by Gasteiger charge is -2.23. The first kappa shape index (κ1) is 5.29. The molecule has 1 radical (unpaired) electrons. The van der Waals surface area contributed by atoms with Crippen molar-refractivity contribution in [2.75, 3.05) is 0 Å². The third-order valence-corrected chi connectivity index (χ3v) is 1.31. The molecule has 0 aromatic carbocycles. The summed E-state index contributed by atoms with van der Waals surface area (Å²) < 4.78 is 0. The van der Waals surface area contributed by atoms with Crippen molar-refractivity contribution in [2.45, 2.75) is 0 Å². The number of nitrogens with one attached hydrogen (secondary N) is 1. The molecule has 3 heteroatoms. The third kappa shape index (κ3) is 0.719. The lowest BCUT2D eigenvalue weighted by atomic mass is 10.3. The molecule has 0 unspecified atom stereocenters. The van der Waals surface area contributed by atoms with Crippen LogP contribution < -0.4 is 5.43 Å². The number of nitrogens with zero attached hydrogens (tertiary/aromatic N) is 2. The summed E-state index contributed by atoms with van der Waals surface area (Å²) in [6.45, 7) is 0. The molecule has 0 aliphatic carbocycles. The normalized spacial score (nSPS) is 20.0. The first-order chi connectivity index (χ1) is 4.97. The molecule has 0 bridgehead atoms. The van der Waals surface area contributed by atoms with Crippen molar-refractivity contribution >= 4 is 6.34 Å². The van der Waals surface area contributed by atoms with Crippen LogP contribution in [0.4, 0.5) is 0 Å². The van der Waals surface area contributed by atoms with Gasteiger partial charge < -0.3 is 0 Å². The van der Waals surface area contributed by atoms with E-state index in [4.69, 9.17) is 0 Å². The molecule has 49 valence electrons. The Kier molecular flexibility index (Phi) is 1.07. The maximum atomic E-state index is 3.92. The van der Waals surface area contributed by atoms with E-state index in [2.05, 4.69) is 16.6 Å². The van der Waals surface area contributed by atoms with E-state index in [1.54, 1.807) is 17.5 Å². The van der Waals surface area contributed by atoms with Gasteiger partial charge in [-0.2, -0.15) is 0 Å². The second kappa shape index (κ2) is 2.02. The number of hydrogen-bond acceptors (Lipinski definition) is 3. The highest BCUT2D eigenvalue weighted by Gasteiger charge is 2.06. The van der Waals surface area contributed by atoms with E-state index >= 15 is 0 Å².